The molecule has 1 aliphatic rings. The van der Waals surface area contributed by atoms with Gasteiger partial charge in [0.15, 0.2) is 5.82 Å². The Bertz CT molecular complexity index is 844. The number of aromatic nitrogens is 3. The van der Waals surface area contributed by atoms with Crippen LogP contribution in [0.5, 0.6) is 0 Å². The minimum Gasteiger partial charge on any atom is -0.364 e. The van der Waals surface area contributed by atoms with E-state index in [0.29, 0.717) is 6.04 Å². The smallest absolute Gasteiger partial charge is 0.156 e. The molecule has 0 amide bonds. The zero-order valence-corrected chi connectivity index (χ0v) is 15.0. The highest BCUT2D eigenvalue weighted by atomic mass is 32.1. The van der Waals surface area contributed by atoms with Crippen LogP contribution >= 0.6 is 12.6 Å². The van der Waals surface area contributed by atoms with E-state index in [4.69, 9.17) is 0 Å². The average Bonchev–Trinajstić information content (AvgIpc) is 3.23. The third kappa shape index (κ3) is 3.41. The molecule has 0 spiro atoms. The highest BCUT2D eigenvalue weighted by molar-refractivity contribution is 7.80. The zero-order chi connectivity index (χ0) is 17.2. The summed E-state index contributed by atoms with van der Waals surface area (Å²) in [6.45, 7) is 2.15. The molecule has 1 saturated heterocycles. The lowest BCUT2D eigenvalue weighted by Crippen LogP contribution is -2.23. The normalized spacial score (nSPS) is 17.8. The number of hydrogen-bond acceptors (Lipinski definition) is 5. The SMILES string of the molecule is CN1CCC(Nc2n[nH]c(-c3ccc(S)cc3)c2-c2ccncc2)C1. The second-order valence-electron chi connectivity index (χ2n) is 6.50. The molecule has 2 aromatic heterocycles. The van der Waals surface area contributed by atoms with Crippen LogP contribution in [0.1, 0.15) is 6.42 Å². The van der Waals surface area contributed by atoms with Gasteiger partial charge in [0, 0.05) is 35.4 Å². The Morgan fingerprint density at radius 3 is 2.56 bits per heavy atom. The molecule has 1 unspecified atom stereocenters. The van der Waals surface area contributed by atoms with Gasteiger partial charge in [-0.15, -0.1) is 12.6 Å². The fraction of sp³-hybridized carbons (Fsp3) is 0.263. The summed E-state index contributed by atoms with van der Waals surface area (Å²) in [6.07, 6.45) is 4.76. The Morgan fingerprint density at radius 2 is 1.88 bits per heavy atom. The molecule has 1 atom stereocenters. The van der Waals surface area contributed by atoms with Gasteiger partial charge in [-0.2, -0.15) is 5.10 Å². The number of aromatic amines is 1. The van der Waals surface area contributed by atoms with E-state index in [9.17, 15) is 0 Å². The number of pyridine rings is 1. The Kier molecular flexibility index (Phi) is 4.46. The number of nitrogens with zero attached hydrogens (tertiary/aromatic N) is 3. The van der Waals surface area contributed by atoms with Gasteiger partial charge in [0.25, 0.3) is 0 Å². The molecule has 3 aromatic rings. The van der Waals surface area contributed by atoms with Crippen LogP contribution in [-0.2, 0) is 0 Å². The number of rotatable bonds is 4. The number of likely N-dealkylation sites (N-methyl/N-ethyl adjacent to an activating group) is 1. The first-order valence-electron chi connectivity index (χ1n) is 8.44. The molecule has 0 radical (unpaired) electrons. The minimum absolute atomic E-state index is 0.418. The molecule has 2 N–H and O–H groups in total. The molecule has 128 valence electrons. The fourth-order valence-corrected chi connectivity index (χ4v) is 3.48. The molecular formula is C19H21N5S. The lowest BCUT2D eigenvalue weighted by atomic mass is 10.0. The van der Waals surface area contributed by atoms with E-state index in [1.54, 1.807) is 0 Å². The van der Waals surface area contributed by atoms with Gasteiger partial charge < -0.3 is 10.2 Å². The predicted molar refractivity (Wildman–Crippen MR) is 104 cm³/mol. The van der Waals surface area contributed by atoms with Crippen molar-refractivity contribution in [2.24, 2.45) is 0 Å². The standard InChI is InChI=1S/C19H21N5S/c1-24-11-8-15(12-24)21-19-17(13-6-9-20-10-7-13)18(22-23-19)14-2-4-16(25)5-3-14/h2-7,9-10,15,25H,8,11-12H2,1H3,(H2,21,22,23). The number of benzene rings is 1. The summed E-state index contributed by atoms with van der Waals surface area (Å²) in [7, 11) is 2.15. The van der Waals surface area contributed by atoms with Gasteiger partial charge in [-0.25, -0.2) is 0 Å². The van der Waals surface area contributed by atoms with Crippen molar-refractivity contribution in [3.63, 3.8) is 0 Å². The molecular weight excluding hydrogens is 330 g/mol. The van der Waals surface area contributed by atoms with Gasteiger partial charge in [-0.05, 0) is 49.8 Å². The first kappa shape index (κ1) is 16.2. The van der Waals surface area contributed by atoms with E-state index in [1.807, 2.05) is 36.7 Å². The quantitative estimate of drug-likeness (QED) is 0.629. The first-order chi connectivity index (χ1) is 12.2. The Labute approximate surface area is 152 Å². The summed E-state index contributed by atoms with van der Waals surface area (Å²) in [5.74, 6) is 0.899. The van der Waals surface area contributed by atoms with Crippen molar-refractivity contribution in [1.29, 1.82) is 0 Å². The fourth-order valence-electron chi connectivity index (χ4n) is 3.33. The van der Waals surface area contributed by atoms with E-state index < -0.39 is 0 Å². The Hall–Kier alpha value is -2.31. The number of nitrogens with one attached hydrogen (secondary N) is 2. The van der Waals surface area contributed by atoms with Crippen molar-refractivity contribution >= 4 is 18.4 Å². The third-order valence-corrected chi connectivity index (χ3v) is 4.92. The van der Waals surface area contributed by atoms with Crippen LogP contribution in [0.15, 0.2) is 53.7 Å². The van der Waals surface area contributed by atoms with Crippen LogP contribution in [0.2, 0.25) is 0 Å². The summed E-state index contributed by atoms with van der Waals surface area (Å²) in [5.41, 5.74) is 4.29. The minimum atomic E-state index is 0.418. The molecule has 4 rings (SSSR count). The summed E-state index contributed by atoms with van der Waals surface area (Å²) in [6, 6.07) is 12.6. The van der Waals surface area contributed by atoms with E-state index in [1.165, 1.54) is 0 Å². The van der Waals surface area contributed by atoms with Gasteiger partial charge in [0.05, 0.1) is 11.3 Å². The van der Waals surface area contributed by atoms with Crippen LogP contribution in [0.3, 0.4) is 0 Å². The van der Waals surface area contributed by atoms with Crippen LogP contribution < -0.4 is 5.32 Å². The second kappa shape index (κ2) is 6.90. The molecule has 1 fully saturated rings. The summed E-state index contributed by atoms with van der Waals surface area (Å²) >= 11 is 4.38. The van der Waals surface area contributed by atoms with Gasteiger partial charge in [-0.1, -0.05) is 12.1 Å². The van der Waals surface area contributed by atoms with Gasteiger partial charge >= 0.3 is 0 Å². The van der Waals surface area contributed by atoms with E-state index in [0.717, 1.165) is 52.6 Å². The number of hydrogen-bond donors (Lipinski definition) is 3. The molecule has 5 nitrogen and oxygen atoms in total. The largest absolute Gasteiger partial charge is 0.364 e. The van der Waals surface area contributed by atoms with Gasteiger partial charge in [0.2, 0.25) is 0 Å². The molecule has 0 bridgehead atoms. The third-order valence-electron chi connectivity index (χ3n) is 4.62. The van der Waals surface area contributed by atoms with E-state index in [-0.39, 0.29) is 0 Å². The molecule has 0 saturated carbocycles. The average molecular weight is 351 g/mol. The van der Waals surface area contributed by atoms with Crippen molar-refractivity contribution in [2.75, 3.05) is 25.5 Å². The zero-order valence-electron chi connectivity index (χ0n) is 14.1. The molecule has 0 aliphatic carbocycles. The lowest BCUT2D eigenvalue weighted by molar-refractivity contribution is 0.414. The van der Waals surface area contributed by atoms with Crippen molar-refractivity contribution in [2.45, 2.75) is 17.4 Å². The lowest BCUT2D eigenvalue weighted by Gasteiger charge is -2.14. The molecule has 25 heavy (non-hydrogen) atoms. The van der Waals surface area contributed by atoms with Crippen LogP contribution in [0.25, 0.3) is 22.4 Å². The van der Waals surface area contributed by atoms with Crippen molar-refractivity contribution in [1.82, 2.24) is 20.1 Å². The number of likely N-dealkylation sites (tertiary alicyclic amines) is 1. The maximum absolute atomic E-state index is 4.59. The van der Waals surface area contributed by atoms with Crippen LogP contribution in [0, 0.1) is 0 Å². The Morgan fingerprint density at radius 1 is 1.12 bits per heavy atom. The second-order valence-corrected chi connectivity index (χ2v) is 7.01. The van der Waals surface area contributed by atoms with Crippen LogP contribution in [-0.4, -0.2) is 46.3 Å². The van der Waals surface area contributed by atoms with Crippen molar-refractivity contribution < 1.29 is 0 Å². The number of thiol groups is 1. The molecule has 3 heterocycles. The summed E-state index contributed by atoms with van der Waals surface area (Å²) in [5, 5.41) is 11.4. The highest BCUT2D eigenvalue weighted by Gasteiger charge is 2.23. The molecule has 1 aliphatic heterocycles. The first-order valence-corrected chi connectivity index (χ1v) is 8.88. The molecule has 6 heteroatoms. The topological polar surface area (TPSA) is 56.8 Å². The van der Waals surface area contributed by atoms with Gasteiger partial charge in [0.1, 0.15) is 0 Å². The van der Waals surface area contributed by atoms with Crippen molar-refractivity contribution in [3.8, 4) is 22.4 Å². The Balaban J connectivity index is 1.75. The van der Waals surface area contributed by atoms with E-state index >= 15 is 0 Å². The van der Waals surface area contributed by atoms with Gasteiger partial charge in [-0.3, -0.25) is 10.1 Å². The molecule has 1 aromatic carbocycles. The van der Waals surface area contributed by atoms with Crippen molar-refractivity contribution in [3.05, 3.63) is 48.8 Å². The monoisotopic (exact) mass is 351 g/mol. The highest BCUT2D eigenvalue weighted by Crippen LogP contribution is 2.36. The van der Waals surface area contributed by atoms with E-state index in [2.05, 4.69) is 57.2 Å². The van der Waals surface area contributed by atoms with Crippen LogP contribution in [0.4, 0.5) is 5.82 Å². The maximum Gasteiger partial charge on any atom is 0.156 e. The summed E-state index contributed by atoms with van der Waals surface area (Å²) < 4.78 is 0. The predicted octanol–water partition coefficient (Wildman–Crippen LogP) is 3.54. The number of anilines is 1. The summed E-state index contributed by atoms with van der Waals surface area (Å²) in [4.78, 5) is 7.43. The number of H-pyrrole nitrogens is 1. The maximum atomic E-state index is 4.59.